The van der Waals surface area contributed by atoms with Crippen LogP contribution in [0.3, 0.4) is 0 Å². The van der Waals surface area contributed by atoms with Gasteiger partial charge in [-0.3, -0.25) is 4.31 Å². The molecule has 1 heterocycles. The van der Waals surface area contributed by atoms with Gasteiger partial charge in [0, 0.05) is 7.05 Å². The van der Waals surface area contributed by atoms with Gasteiger partial charge in [0.15, 0.2) is 0 Å². The smallest absolute Gasteiger partial charge is 0.297 e. The SMILES string of the molecule is Cc1cccc(N(C)S(=O)(=O)c2ccc(CN)o2)c1. The van der Waals surface area contributed by atoms with Crippen LogP contribution < -0.4 is 10.0 Å². The molecule has 0 spiro atoms. The molecule has 0 aliphatic rings. The standard InChI is InChI=1S/C13H16N2O3S/c1-10-4-3-5-11(8-10)15(2)19(16,17)13-7-6-12(9-14)18-13/h3-8H,9,14H2,1-2H3. The Labute approximate surface area is 112 Å². The summed E-state index contributed by atoms with van der Waals surface area (Å²) in [4.78, 5) is 0. The van der Waals surface area contributed by atoms with E-state index in [4.69, 9.17) is 10.2 Å². The van der Waals surface area contributed by atoms with E-state index in [2.05, 4.69) is 0 Å². The van der Waals surface area contributed by atoms with Gasteiger partial charge in [0.25, 0.3) is 10.0 Å². The molecule has 2 rings (SSSR count). The van der Waals surface area contributed by atoms with Crippen molar-refractivity contribution in [2.45, 2.75) is 18.6 Å². The fourth-order valence-electron chi connectivity index (χ4n) is 1.70. The van der Waals surface area contributed by atoms with E-state index in [0.29, 0.717) is 11.4 Å². The van der Waals surface area contributed by atoms with Gasteiger partial charge >= 0.3 is 0 Å². The molecule has 2 N–H and O–H groups in total. The van der Waals surface area contributed by atoms with Gasteiger partial charge in [-0.1, -0.05) is 12.1 Å². The number of aryl methyl sites for hydroxylation is 1. The molecule has 102 valence electrons. The van der Waals surface area contributed by atoms with E-state index in [-0.39, 0.29) is 11.6 Å². The van der Waals surface area contributed by atoms with Crippen LogP contribution in [0.2, 0.25) is 0 Å². The first-order chi connectivity index (χ1) is 8.95. The van der Waals surface area contributed by atoms with Gasteiger partial charge in [0.05, 0.1) is 12.2 Å². The van der Waals surface area contributed by atoms with Crippen molar-refractivity contribution in [3.63, 3.8) is 0 Å². The van der Waals surface area contributed by atoms with E-state index >= 15 is 0 Å². The highest BCUT2D eigenvalue weighted by atomic mass is 32.2. The second-order valence-electron chi connectivity index (χ2n) is 4.24. The largest absolute Gasteiger partial charge is 0.446 e. The minimum Gasteiger partial charge on any atom is -0.446 e. The lowest BCUT2D eigenvalue weighted by Gasteiger charge is -2.18. The van der Waals surface area contributed by atoms with Crippen LogP contribution in [-0.2, 0) is 16.6 Å². The Balaban J connectivity index is 2.39. The lowest BCUT2D eigenvalue weighted by atomic mass is 10.2. The molecule has 19 heavy (non-hydrogen) atoms. The molecule has 5 nitrogen and oxygen atoms in total. The first-order valence-corrected chi connectivity index (χ1v) is 7.23. The average Bonchev–Trinajstić information content (AvgIpc) is 2.87. The van der Waals surface area contributed by atoms with Crippen molar-refractivity contribution in [3.8, 4) is 0 Å². The van der Waals surface area contributed by atoms with Gasteiger partial charge in [0.1, 0.15) is 5.76 Å². The van der Waals surface area contributed by atoms with Gasteiger partial charge in [-0.25, -0.2) is 0 Å². The fraction of sp³-hybridized carbons (Fsp3) is 0.231. The maximum absolute atomic E-state index is 12.4. The number of hydrogen-bond acceptors (Lipinski definition) is 4. The van der Waals surface area contributed by atoms with Crippen molar-refractivity contribution in [1.29, 1.82) is 0 Å². The number of nitrogens with two attached hydrogens (primary N) is 1. The van der Waals surface area contributed by atoms with Crippen LogP contribution in [0.1, 0.15) is 11.3 Å². The molecule has 0 bridgehead atoms. The fourth-order valence-corrected chi connectivity index (χ4v) is 2.82. The van der Waals surface area contributed by atoms with Crippen LogP contribution in [0.25, 0.3) is 0 Å². The van der Waals surface area contributed by atoms with Crippen LogP contribution in [-0.4, -0.2) is 15.5 Å². The third kappa shape index (κ3) is 2.64. The van der Waals surface area contributed by atoms with E-state index in [1.807, 2.05) is 19.1 Å². The number of furan rings is 1. The summed E-state index contributed by atoms with van der Waals surface area (Å²) in [5.41, 5.74) is 6.99. The number of nitrogens with zero attached hydrogens (tertiary/aromatic N) is 1. The Morgan fingerprint density at radius 3 is 2.58 bits per heavy atom. The van der Waals surface area contributed by atoms with E-state index in [0.717, 1.165) is 5.56 Å². The van der Waals surface area contributed by atoms with Gasteiger partial charge in [-0.2, -0.15) is 8.42 Å². The van der Waals surface area contributed by atoms with Crippen molar-refractivity contribution in [2.75, 3.05) is 11.4 Å². The molecule has 0 unspecified atom stereocenters. The summed E-state index contributed by atoms with van der Waals surface area (Å²) >= 11 is 0. The summed E-state index contributed by atoms with van der Waals surface area (Å²) in [5.74, 6) is 0.441. The summed E-state index contributed by atoms with van der Waals surface area (Å²) < 4.78 is 31.1. The van der Waals surface area contributed by atoms with Gasteiger partial charge in [-0.15, -0.1) is 0 Å². The zero-order valence-electron chi connectivity index (χ0n) is 10.8. The number of hydrogen-bond donors (Lipinski definition) is 1. The third-order valence-electron chi connectivity index (χ3n) is 2.82. The Kier molecular flexibility index (Phi) is 3.64. The summed E-state index contributed by atoms with van der Waals surface area (Å²) in [5, 5.41) is -0.100. The lowest BCUT2D eigenvalue weighted by Crippen LogP contribution is -2.26. The molecule has 2 aromatic rings. The highest BCUT2D eigenvalue weighted by Gasteiger charge is 2.24. The van der Waals surface area contributed by atoms with E-state index < -0.39 is 10.0 Å². The molecular weight excluding hydrogens is 264 g/mol. The Morgan fingerprint density at radius 2 is 2.00 bits per heavy atom. The van der Waals surface area contributed by atoms with Crippen LogP contribution in [0, 0.1) is 6.92 Å². The number of benzene rings is 1. The molecule has 0 aliphatic carbocycles. The average molecular weight is 280 g/mol. The molecule has 1 aromatic carbocycles. The van der Waals surface area contributed by atoms with Crippen molar-refractivity contribution < 1.29 is 12.8 Å². The van der Waals surface area contributed by atoms with Crippen molar-refractivity contribution in [2.24, 2.45) is 5.73 Å². The second kappa shape index (κ2) is 5.07. The van der Waals surface area contributed by atoms with Gasteiger partial charge < -0.3 is 10.2 Å². The quantitative estimate of drug-likeness (QED) is 0.927. The first-order valence-electron chi connectivity index (χ1n) is 5.79. The highest BCUT2D eigenvalue weighted by Crippen LogP contribution is 2.24. The number of rotatable bonds is 4. The Hall–Kier alpha value is -1.79. The minimum atomic E-state index is -3.69. The molecule has 0 saturated heterocycles. The summed E-state index contributed by atoms with van der Waals surface area (Å²) in [6.45, 7) is 2.08. The van der Waals surface area contributed by atoms with Crippen LogP contribution in [0.4, 0.5) is 5.69 Å². The van der Waals surface area contributed by atoms with Crippen molar-refractivity contribution >= 4 is 15.7 Å². The van der Waals surface area contributed by atoms with Crippen LogP contribution in [0.15, 0.2) is 45.9 Å². The summed E-state index contributed by atoms with van der Waals surface area (Å²) in [7, 11) is -2.19. The maximum atomic E-state index is 12.4. The summed E-state index contributed by atoms with van der Waals surface area (Å²) in [6, 6.07) is 10.2. The summed E-state index contributed by atoms with van der Waals surface area (Å²) in [6.07, 6.45) is 0. The molecule has 0 saturated carbocycles. The number of anilines is 1. The zero-order chi connectivity index (χ0) is 14.0. The van der Waals surface area contributed by atoms with E-state index in [1.165, 1.54) is 17.4 Å². The van der Waals surface area contributed by atoms with Crippen molar-refractivity contribution in [3.05, 3.63) is 47.7 Å². The molecule has 0 amide bonds. The van der Waals surface area contributed by atoms with E-state index in [9.17, 15) is 8.42 Å². The predicted molar refractivity (Wildman–Crippen MR) is 73.4 cm³/mol. The highest BCUT2D eigenvalue weighted by molar-refractivity contribution is 7.92. The molecule has 1 aromatic heterocycles. The first kappa shape index (κ1) is 13.6. The topological polar surface area (TPSA) is 76.5 Å². The second-order valence-corrected chi connectivity index (χ2v) is 6.14. The molecular formula is C13H16N2O3S. The monoisotopic (exact) mass is 280 g/mol. The lowest BCUT2D eigenvalue weighted by molar-refractivity contribution is 0.415. The molecule has 0 radical (unpaired) electrons. The maximum Gasteiger partial charge on any atom is 0.297 e. The molecule has 0 aliphatic heterocycles. The predicted octanol–water partition coefficient (Wildman–Crippen LogP) is 1.87. The normalized spacial score (nSPS) is 11.5. The Bertz CT molecular complexity index is 677. The van der Waals surface area contributed by atoms with Gasteiger partial charge in [0.2, 0.25) is 5.09 Å². The van der Waals surface area contributed by atoms with E-state index in [1.54, 1.807) is 18.2 Å². The Morgan fingerprint density at radius 1 is 1.26 bits per heavy atom. The van der Waals surface area contributed by atoms with Crippen LogP contribution >= 0.6 is 0 Å². The van der Waals surface area contributed by atoms with Crippen molar-refractivity contribution in [1.82, 2.24) is 0 Å². The van der Waals surface area contributed by atoms with Crippen LogP contribution in [0.5, 0.6) is 0 Å². The molecule has 0 atom stereocenters. The van der Waals surface area contributed by atoms with Gasteiger partial charge in [-0.05, 0) is 36.8 Å². The minimum absolute atomic E-state index is 0.100. The number of sulfonamides is 1. The molecule has 0 fully saturated rings. The molecule has 6 heteroatoms. The third-order valence-corrected chi connectivity index (χ3v) is 4.48. The zero-order valence-corrected chi connectivity index (χ0v) is 11.6.